The van der Waals surface area contributed by atoms with Gasteiger partial charge in [-0.1, -0.05) is 44.2 Å². The predicted molar refractivity (Wildman–Crippen MR) is 98.9 cm³/mol. The zero-order valence-corrected chi connectivity index (χ0v) is 15.8. The monoisotopic (exact) mass is 341 g/mol. The Morgan fingerprint density at radius 1 is 1.04 bits per heavy atom. The summed E-state index contributed by atoms with van der Waals surface area (Å²) in [5, 5.41) is 4.19. The second-order valence-electron chi connectivity index (χ2n) is 6.08. The van der Waals surface area contributed by atoms with Gasteiger partial charge >= 0.3 is 0 Å². The molecule has 0 aliphatic heterocycles. The lowest BCUT2D eigenvalue weighted by atomic mass is 10.1. The quantitative estimate of drug-likeness (QED) is 0.503. The fourth-order valence-electron chi connectivity index (χ4n) is 2.40. The van der Waals surface area contributed by atoms with Gasteiger partial charge in [0.1, 0.15) is 0 Å². The zero-order chi connectivity index (χ0) is 17.1. The summed E-state index contributed by atoms with van der Waals surface area (Å²) in [6.07, 6.45) is 6.55. The molecule has 0 amide bonds. The number of ether oxygens (including phenoxy) is 2. The molecule has 0 radical (unpaired) electrons. The summed E-state index contributed by atoms with van der Waals surface area (Å²) in [7, 11) is 0. The van der Waals surface area contributed by atoms with Crippen molar-refractivity contribution in [1.82, 2.24) is 5.32 Å². The summed E-state index contributed by atoms with van der Waals surface area (Å²) in [5.74, 6) is 1.49. The molecule has 0 bridgehead atoms. The maximum absolute atomic E-state index is 6.39. The number of halogens is 1. The molecule has 4 heteroatoms. The Balaban J connectivity index is 2.56. The molecule has 0 unspecified atom stereocenters. The van der Waals surface area contributed by atoms with Gasteiger partial charge in [-0.05, 0) is 45.4 Å². The first-order valence-electron chi connectivity index (χ1n) is 8.91. The van der Waals surface area contributed by atoms with E-state index in [1.165, 1.54) is 32.1 Å². The topological polar surface area (TPSA) is 30.5 Å². The van der Waals surface area contributed by atoms with E-state index in [1.54, 1.807) is 0 Å². The minimum atomic E-state index is 0.0948. The Morgan fingerprint density at radius 2 is 1.78 bits per heavy atom. The van der Waals surface area contributed by atoms with Crippen LogP contribution in [0.5, 0.6) is 11.5 Å². The van der Waals surface area contributed by atoms with Crippen LogP contribution in [-0.2, 0) is 6.54 Å². The highest BCUT2D eigenvalue weighted by Gasteiger charge is 2.12. The van der Waals surface area contributed by atoms with Crippen LogP contribution in [0, 0.1) is 0 Å². The normalized spacial score (nSPS) is 11.0. The Bertz CT molecular complexity index is 449. The molecule has 0 heterocycles. The van der Waals surface area contributed by atoms with Crippen molar-refractivity contribution in [3.05, 3.63) is 22.7 Å². The first kappa shape index (κ1) is 20.1. The molecule has 132 valence electrons. The molecule has 0 saturated heterocycles. The molecule has 23 heavy (non-hydrogen) atoms. The molecule has 0 saturated carbocycles. The van der Waals surface area contributed by atoms with Crippen LogP contribution >= 0.6 is 11.6 Å². The SMILES string of the molecule is CCCCCCCNCc1cc(OCC)c(OC(C)C)cc1Cl. The Labute approximate surface area is 146 Å². The van der Waals surface area contributed by atoms with Crippen LogP contribution in [0.2, 0.25) is 5.02 Å². The summed E-state index contributed by atoms with van der Waals surface area (Å²) in [6.45, 7) is 10.6. The van der Waals surface area contributed by atoms with Crippen LogP contribution in [0.4, 0.5) is 0 Å². The van der Waals surface area contributed by atoms with Crippen molar-refractivity contribution in [2.45, 2.75) is 72.4 Å². The van der Waals surface area contributed by atoms with Crippen LogP contribution in [0.25, 0.3) is 0 Å². The highest BCUT2D eigenvalue weighted by atomic mass is 35.5. The summed E-state index contributed by atoms with van der Waals surface area (Å²) in [6, 6.07) is 3.86. The molecule has 0 spiro atoms. The van der Waals surface area contributed by atoms with Gasteiger partial charge in [0.25, 0.3) is 0 Å². The van der Waals surface area contributed by atoms with E-state index in [9.17, 15) is 0 Å². The predicted octanol–water partition coefficient (Wildman–Crippen LogP) is 5.59. The minimum absolute atomic E-state index is 0.0948. The van der Waals surface area contributed by atoms with E-state index >= 15 is 0 Å². The first-order chi connectivity index (χ1) is 11.1. The van der Waals surface area contributed by atoms with Crippen molar-refractivity contribution in [1.29, 1.82) is 0 Å². The van der Waals surface area contributed by atoms with Crippen molar-refractivity contribution >= 4 is 11.6 Å². The third-order valence-corrected chi connectivity index (χ3v) is 3.90. The van der Waals surface area contributed by atoms with Crippen LogP contribution in [0.1, 0.15) is 65.4 Å². The average Bonchev–Trinajstić information content (AvgIpc) is 2.50. The summed E-state index contributed by atoms with van der Waals surface area (Å²) < 4.78 is 11.5. The molecule has 0 fully saturated rings. The Morgan fingerprint density at radius 3 is 2.43 bits per heavy atom. The molecule has 1 N–H and O–H groups in total. The maximum atomic E-state index is 6.39. The number of benzene rings is 1. The molecule has 1 aromatic carbocycles. The van der Waals surface area contributed by atoms with E-state index in [0.29, 0.717) is 6.61 Å². The molecule has 1 aromatic rings. The smallest absolute Gasteiger partial charge is 0.163 e. The highest BCUT2D eigenvalue weighted by molar-refractivity contribution is 6.31. The zero-order valence-electron chi connectivity index (χ0n) is 15.1. The van der Waals surface area contributed by atoms with Gasteiger partial charge in [0, 0.05) is 17.6 Å². The second kappa shape index (κ2) is 11.6. The molecular weight excluding hydrogens is 310 g/mol. The third kappa shape index (κ3) is 7.94. The summed E-state index contributed by atoms with van der Waals surface area (Å²) in [5.41, 5.74) is 1.06. The van der Waals surface area contributed by atoms with Crippen molar-refractivity contribution < 1.29 is 9.47 Å². The standard InChI is InChI=1S/C19H32ClNO2/c1-5-7-8-9-10-11-21-14-16-12-18(22-6-2)19(13-17(16)20)23-15(3)4/h12-13,15,21H,5-11,14H2,1-4H3. The van der Waals surface area contributed by atoms with Crippen LogP contribution < -0.4 is 14.8 Å². The van der Waals surface area contributed by atoms with Gasteiger partial charge in [-0.3, -0.25) is 0 Å². The largest absolute Gasteiger partial charge is 0.490 e. The van der Waals surface area contributed by atoms with Gasteiger partial charge in [-0.25, -0.2) is 0 Å². The Hall–Kier alpha value is -0.930. The van der Waals surface area contributed by atoms with E-state index in [-0.39, 0.29) is 6.10 Å². The van der Waals surface area contributed by atoms with Crippen LogP contribution in [0.3, 0.4) is 0 Å². The second-order valence-corrected chi connectivity index (χ2v) is 6.49. The average molecular weight is 342 g/mol. The van der Waals surface area contributed by atoms with E-state index in [1.807, 2.05) is 32.9 Å². The number of rotatable bonds is 12. The van der Waals surface area contributed by atoms with E-state index in [0.717, 1.165) is 35.2 Å². The molecule has 0 atom stereocenters. The number of hydrogen-bond donors (Lipinski definition) is 1. The lowest BCUT2D eigenvalue weighted by Gasteiger charge is -2.17. The van der Waals surface area contributed by atoms with Gasteiger partial charge in [0.05, 0.1) is 12.7 Å². The minimum Gasteiger partial charge on any atom is -0.490 e. The van der Waals surface area contributed by atoms with Crippen molar-refractivity contribution in [3.8, 4) is 11.5 Å². The summed E-state index contributed by atoms with van der Waals surface area (Å²) in [4.78, 5) is 0. The molecule has 0 aliphatic carbocycles. The van der Waals surface area contributed by atoms with Gasteiger partial charge in [0.2, 0.25) is 0 Å². The number of hydrogen-bond acceptors (Lipinski definition) is 3. The lowest BCUT2D eigenvalue weighted by molar-refractivity contribution is 0.223. The number of unbranched alkanes of at least 4 members (excludes halogenated alkanes) is 4. The van der Waals surface area contributed by atoms with E-state index in [4.69, 9.17) is 21.1 Å². The van der Waals surface area contributed by atoms with Gasteiger partial charge in [-0.2, -0.15) is 0 Å². The molecule has 1 rings (SSSR count). The molecule has 3 nitrogen and oxygen atoms in total. The molecule has 0 aromatic heterocycles. The van der Waals surface area contributed by atoms with Crippen LogP contribution in [0.15, 0.2) is 12.1 Å². The van der Waals surface area contributed by atoms with Crippen molar-refractivity contribution in [3.63, 3.8) is 0 Å². The fourth-order valence-corrected chi connectivity index (χ4v) is 2.62. The van der Waals surface area contributed by atoms with E-state index in [2.05, 4.69) is 12.2 Å². The number of nitrogens with one attached hydrogen (secondary N) is 1. The molecular formula is C19H32ClNO2. The van der Waals surface area contributed by atoms with Crippen molar-refractivity contribution in [2.24, 2.45) is 0 Å². The van der Waals surface area contributed by atoms with Gasteiger partial charge < -0.3 is 14.8 Å². The van der Waals surface area contributed by atoms with Crippen LogP contribution in [-0.4, -0.2) is 19.3 Å². The van der Waals surface area contributed by atoms with Gasteiger partial charge in [-0.15, -0.1) is 0 Å². The summed E-state index contributed by atoms with van der Waals surface area (Å²) >= 11 is 6.39. The lowest BCUT2D eigenvalue weighted by Crippen LogP contribution is -2.15. The third-order valence-electron chi connectivity index (χ3n) is 3.55. The van der Waals surface area contributed by atoms with E-state index < -0.39 is 0 Å². The highest BCUT2D eigenvalue weighted by Crippen LogP contribution is 2.34. The first-order valence-corrected chi connectivity index (χ1v) is 9.28. The van der Waals surface area contributed by atoms with Gasteiger partial charge in [0.15, 0.2) is 11.5 Å². The van der Waals surface area contributed by atoms with Crippen molar-refractivity contribution in [2.75, 3.05) is 13.2 Å². The fraction of sp³-hybridized carbons (Fsp3) is 0.684. The molecule has 0 aliphatic rings. The Kier molecular flexibility index (Phi) is 10.1. The maximum Gasteiger partial charge on any atom is 0.163 e.